The Labute approximate surface area is 133 Å². The van der Waals surface area contributed by atoms with Crippen LogP contribution >= 0.6 is 0 Å². The molecule has 0 saturated carbocycles. The Bertz CT molecular complexity index is 375. The molecule has 0 aromatic heterocycles. The molecule has 0 unspecified atom stereocenters. The van der Waals surface area contributed by atoms with Gasteiger partial charge in [-0.05, 0) is 18.8 Å². The van der Waals surface area contributed by atoms with Crippen LogP contribution in [0.15, 0.2) is 0 Å². The topological polar surface area (TPSA) is 86.7 Å². The van der Waals surface area contributed by atoms with E-state index in [2.05, 4.69) is 38.9 Å². The SMILES string of the molecule is C#C.CC(C)C.CCC(=O)NCC(=O)N1CCC[C@H]1C(=O)O. The van der Waals surface area contributed by atoms with E-state index in [1.54, 1.807) is 6.92 Å². The highest BCUT2D eigenvalue weighted by Gasteiger charge is 2.33. The van der Waals surface area contributed by atoms with Crippen molar-refractivity contribution >= 4 is 17.8 Å². The number of carbonyl (C=O) groups is 3. The van der Waals surface area contributed by atoms with Gasteiger partial charge in [-0.3, -0.25) is 9.59 Å². The van der Waals surface area contributed by atoms with E-state index in [0.717, 1.165) is 5.92 Å². The van der Waals surface area contributed by atoms with E-state index >= 15 is 0 Å². The lowest BCUT2D eigenvalue weighted by atomic mass is 10.2. The minimum absolute atomic E-state index is 0.115. The number of carbonyl (C=O) groups excluding carboxylic acids is 2. The van der Waals surface area contributed by atoms with Crippen molar-refractivity contribution in [1.82, 2.24) is 10.2 Å². The molecule has 2 N–H and O–H groups in total. The fourth-order valence-electron chi connectivity index (χ4n) is 1.72. The summed E-state index contributed by atoms with van der Waals surface area (Å²) in [5, 5.41) is 11.3. The normalized spacial score (nSPS) is 16.0. The highest BCUT2D eigenvalue weighted by atomic mass is 16.4. The summed E-state index contributed by atoms with van der Waals surface area (Å²) in [4.78, 5) is 34.7. The van der Waals surface area contributed by atoms with Gasteiger partial charge in [-0.15, -0.1) is 12.8 Å². The molecule has 126 valence electrons. The van der Waals surface area contributed by atoms with Gasteiger partial charge in [0, 0.05) is 13.0 Å². The lowest BCUT2D eigenvalue weighted by molar-refractivity contribution is -0.148. The van der Waals surface area contributed by atoms with Crippen molar-refractivity contribution in [1.29, 1.82) is 0 Å². The van der Waals surface area contributed by atoms with Crippen LogP contribution in [0.1, 0.15) is 47.0 Å². The zero-order chi connectivity index (χ0) is 17.7. The maximum absolute atomic E-state index is 11.6. The first-order valence-corrected chi connectivity index (χ1v) is 7.41. The van der Waals surface area contributed by atoms with Gasteiger partial charge in [-0.25, -0.2) is 4.79 Å². The fourth-order valence-corrected chi connectivity index (χ4v) is 1.72. The van der Waals surface area contributed by atoms with E-state index < -0.39 is 12.0 Å². The number of carboxylic acids is 1. The highest BCUT2D eigenvalue weighted by Crippen LogP contribution is 2.17. The molecule has 2 amide bonds. The Morgan fingerprint density at radius 1 is 1.27 bits per heavy atom. The second-order valence-corrected chi connectivity index (χ2v) is 5.45. The largest absolute Gasteiger partial charge is 0.480 e. The summed E-state index contributed by atoms with van der Waals surface area (Å²) >= 11 is 0. The number of nitrogens with one attached hydrogen (secondary N) is 1. The number of rotatable bonds is 4. The molecule has 1 atom stereocenters. The van der Waals surface area contributed by atoms with Crippen molar-refractivity contribution in [3.63, 3.8) is 0 Å². The molecule has 0 aliphatic carbocycles. The van der Waals surface area contributed by atoms with Crippen molar-refractivity contribution in [2.45, 2.75) is 53.0 Å². The maximum Gasteiger partial charge on any atom is 0.326 e. The van der Waals surface area contributed by atoms with E-state index in [1.165, 1.54) is 4.90 Å². The molecule has 22 heavy (non-hydrogen) atoms. The quantitative estimate of drug-likeness (QED) is 0.770. The molecule has 1 aliphatic heterocycles. The van der Waals surface area contributed by atoms with Crippen LogP contribution in [0.4, 0.5) is 0 Å². The fraction of sp³-hybridized carbons (Fsp3) is 0.688. The van der Waals surface area contributed by atoms with Gasteiger partial charge in [0.25, 0.3) is 0 Å². The van der Waals surface area contributed by atoms with Gasteiger partial charge in [0.1, 0.15) is 6.04 Å². The second kappa shape index (κ2) is 12.7. The smallest absolute Gasteiger partial charge is 0.326 e. The van der Waals surface area contributed by atoms with Crippen LogP contribution in [0.25, 0.3) is 0 Å². The van der Waals surface area contributed by atoms with Crippen LogP contribution in [0, 0.1) is 18.8 Å². The molecule has 0 spiro atoms. The van der Waals surface area contributed by atoms with Crippen LogP contribution in [0.3, 0.4) is 0 Å². The molecule has 0 aromatic carbocycles. The molecule has 0 radical (unpaired) electrons. The minimum Gasteiger partial charge on any atom is -0.480 e. The van der Waals surface area contributed by atoms with E-state index in [4.69, 9.17) is 5.11 Å². The van der Waals surface area contributed by atoms with Gasteiger partial charge in [-0.1, -0.05) is 27.7 Å². The number of nitrogens with zero attached hydrogens (tertiary/aromatic N) is 1. The lowest BCUT2D eigenvalue weighted by Crippen LogP contribution is -2.45. The molecule has 6 heteroatoms. The van der Waals surface area contributed by atoms with E-state index in [1.807, 2.05) is 0 Å². The molecule has 1 aliphatic rings. The van der Waals surface area contributed by atoms with Gasteiger partial charge < -0.3 is 15.3 Å². The lowest BCUT2D eigenvalue weighted by Gasteiger charge is -2.21. The number of terminal acetylenes is 1. The molecule has 1 heterocycles. The summed E-state index contributed by atoms with van der Waals surface area (Å²) in [5.74, 6) is -0.682. The second-order valence-electron chi connectivity index (χ2n) is 5.45. The monoisotopic (exact) mass is 312 g/mol. The standard InChI is InChI=1S/C10H16N2O4.C4H10.C2H2/c1-2-8(13)11-6-9(14)12-5-3-4-7(12)10(15)16;1-4(2)3;1-2/h7H,2-6H2,1H3,(H,11,13)(H,15,16);4H,1-3H3;1-2H/t7-;;/m0../s1. The zero-order valence-electron chi connectivity index (χ0n) is 14.0. The van der Waals surface area contributed by atoms with E-state index in [0.29, 0.717) is 25.8 Å². The van der Waals surface area contributed by atoms with Crippen molar-refractivity contribution < 1.29 is 19.5 Å². The number of aliphatic carboxylic acids is 1. The minimum atomic E-state index is -0.979. The predicted molar refractivity (Wildman–Crippen MR) is 86.1 cm³/mol. The third-order valence-electron chi connectivity index (χ3n) is 2.62. The molecule has 1 rings (SSSR count). The third-order valence-corrected chi connectivity index (χ3v) is 2.62. The Balaban J connectivity index is 0. The molecule has 1 saturated heterocycles. The Morgan fingerprint density at radius 2 is 1.77 bits per heavy atom. The van der Waals surface area contributed by atoms with Gasteiger partial charge in [-0.2, -0.15) is 0 Å². The van der Waals surface area contributed by atoms with Gasteiger partial charge in [0.05, 0.1) is 6.54 Å². The Hall–Kier alpha value is -2.03. The summed E-state index contributed by atoms with van der Waals surface area (Å²) in [6, 6.07) is -0.731. The van der Waals surface area contributed by atoms with Gasteiger partial charge in [0.2, 0.25) is 11.8 Å². The van der Waals surface area contributed by atoms with Crippen LogP contribution in [0.5, 0.6) is 0 Å². The third kappa shape index (κ3) is 9.81. The van der Waals surface area contributed by atoms with Crippen molar-refractivity contribution in [3.05, 3.63) is 0 Å². The summed E-state index contributed by atoms with van der Waals surface area (Å²) < 4.78 is 0. The molecular weight excluding hydrogens is 284 g/mol. The van der Waals surface area contributed by atoms with Crippen LogP contribution in [0.2, 0.25) is 0 Å². The van der Waals surface area contributed by atoms with Crippen LogP contribution < -0.4 is 5.32 Å². The average Bonchev–Trinajstić information content (AvgIpc) is 2.95. The molecular formula is C16H28N2O4. The first-order valence-electron chi connectivity index (χ1n) is 7.41. The Kier molecular flexibility index (Phi) is 12.8. The number of hydrogen-bond acceptors (Lipinski definition) is 3. The van der Waals surface area contributed by atoms with Crippen LogP contribution in [-0.4, -0.2) is 46.9 Å². The molecule has 0 bridgehead atoms. The maximum atomic E-state index is 11.6. The Morgan fingerprint density at radius 3 is 2.18 bits per heavy atom. The van der Waals surface area contributed by atoms with E-state index in [9.17, 15) is 14.4 Å². The molecule has 6 nitrogen and oxygen atoms in total. The first-order chi connectivity index (χ1) is 10.3. The van der Waals surface area contributed by atoms with Crippen molar-refractivity contribution in [2.24, 2.45) is 5.92 Å². The average molecular weight is 312 g/mol. The van der Waals surface area contributed by atoms with Crippen molar-refractivity contribution in [2.75, 3.05) is 13.1 Å². The predicted octanol–water partition coefficient (Wildman–Crippen LogP) is 1.50. The van der Waals surface area contributed by atoms with Gasteiger partial charge in [0.15, 0.2) is 0 Å². The van der Waals surface area contributed by atoms with Crippen molar-refractivity contribution in [3.8, 4) is 12.8 Å². The summed E-state index contributed by atoms with van der Waals surface area (Å²) in [5.41, 5.74) is 0. The molecule has 0 aromatic rings. The van der Waals surface area contributed by atoms with E-state index in [-0.39, 0.29) is 18.4 Å². The van der Waals surface area contributed by atoms with Gasteiger partial charge >= 0.3 is 5.97 Å². The summed E-state index contributed by atoms with van der Waals surface area (Å²) in [6.45, 7) is 8.53. The zero-order valence-corrected chi connectivity index (χ0v) is 14.0. The number of amides is 2. The van der Waals surface area contributed by atoms with Crippen LogP contribution in [-0.2, 0) is 14.4 Å². The summed E-state index contributed by atoms with van der Waals surface area (Å²) in [6.07, 6.45) is 9.50. The first kappa shape index (κ1) is 22.3. The summed E-state index contributed by atoms with van der Waals surface area (Å²) in [7, 11) is 0. The number of carboxylic acid groups (broad SMARTS) is 1. The number of hydrogen-bond donors (Lipinski definition) is 2. The number of likely N-dealkylation sites (tertiary alicyclic amines) is 1. The molecule has 1 fully saturated rings. The highest BCUT2D eigenvalue weighted by molar-refractivity contribution is 5.88.